The maximum absolute atomic E-state index is 15.4. The van der Waals surface area contributed by atoms with Crippen molar-refractivity contribution < 1.29 is 61.5 Å². The molecule has 0 saturated heterocycles. The van der Waals surface area contributed by atoms with Crippen molar-refractivity contribution in [3.05, 3.63) is 188 Å². The maximum Gasteiger partial charge on any atom is 0.369 e. The van der Waals surface area contributed by atoms with Gasteiger partial charge < -0.3 is 24.1 Å². The van der Waals surface area contributed by atoms with E-state index in [0.29, 0.717) is 32.8 Å². The van der Waals surface area contributed by atoms with Crippen LogP contribution in [0.15, 0.2) is 146 Å². The summed E-state index contributed by atoms with van der Waals surface area (Å²) in [5.74, 6) is -6.49. The number of nitro benzene ring substituents is 2. The highest BCUT2D eigenvalue weighted by atomic mass is 35.5. The van der Waals surface area contributed by atoms with Crippen LogP contribution in [0, 0.1) is 20.2 Å². The molecule has 5 atom stereocenters. The minimum Gasteiger partial charge on any atom is -0.480 e. The molecule has 0 bridgehead atoms. The fourth-order valence-electron chi connectivity index (χ4n) is 7.16. The number of carboxylic acid groups (broad SMARTS) is 2. The Kier molecular flexibility index (Phi) is 14.5. The number of halogens is 1. The predicted molar refractivity (Wildman–Crippen MR) is 245 cm³/mol. The lowest BCUT2D eigenvalue weighted by atomic mass is 9.78. The monoisotopic (exact) mass is 972 g/mol. The number of hydrogen-bond acceptors (Lipinski definition) is 12. The second-order valence-electron chi connectivity index (χ2n) is 14.2. The topological polar surface area (TPSA) is 279 Å². The Morgan fingerprint density at radius 2 is 0.924 bits per heavy atom. The Hall–Kier alpha value is -6.94. The minimum atomic E-state index is -3.85. The number of nitro groups is 2. The molecule has 5 unspecified atom stereocenters. The number of rotatable bonds is 17. The molecule has 6 rings (SSSR count). The third kappa shape index (κ3) is 8.89. The van der Waals surface area contributed by atoms with Crippen LogP contribution in [0.4, 0.5) is 11.4 Å². The fraction of sp³-hybridized carbons (Fsp3) is 0.111. The Bertz CT molecular complexity index is 2890. The van der Waals surface area contributed by atoms with Crippen molar-refractivity contribution in [2.45, 2.75) is 27.8 Å². The van der Waals surface area contributed by atoms with Gasteiger partial charge in [-0.25, -0.2) is 18.0 Å². The smallest absolute Gasteiger partial charge is 0.369 e. The number of ether oxygens (including phenoxy) is 1. The summed E-state index contributed by atoms with van der Waals surface area (Å²) < 4.78 is 49.2. The molecule has 21 heteroatoms. The molecule has 0 heterocycles. The zero-order valence-corrected chi connectivity index (χ0v) is 37.0. The molecule has 0 spiro atoms. The lowest BCUT2D eigenvalue weighted by molar-refractivity contribution is -0.385. The van der Waals surface area contributed by atoms with E-state index in [1.165, 1.54) is 104 Å². The molecule has 0 aliphatic heterocycles. The zero-order valence-electron chi connectivity index (χ0n) is 33.8. The Labute approximate surface area is 388 Å². The summed E-state index contributed by atoms with van der Waals surface area (Å²) in [6, 6.07) is 31.0. The van der Waals surface area contributed by atoms with Crippen LogP contribution in [0.5, 0.6) is 0 Å². The van der Waals surface area contributed by atoms with Gasteiger partial charge >= 0.3 is 22.8 Å². The number of hydrogen-bond donors (Lipinski definition) is 4. The van der Waals surface area contributed by atoms with Crippen LogP contribution < -0.4 is 0 Å². The third-order valence-electron chi connectivity index (χ3n) is 10.5. The van der Waals surface area contributed by atoms with E-state index in [9.17, 15) is 62.3 Å². The normalized spacial score (nSPS) is 14.8. The summed E-state index contributed by atoms with van der Waals surface area (Å²) in [6.07, 6.45) is -0.397. The van der Waals surface area contributed by atoms with Gasteiger partial charge in [-0.3, -0.25) is 29.8 Å². The summed E-state index contributed by atoms with van der Waals surface area (Å²) in [6.45, 7) is 1.35. The molecule has 17 nitrogen and oxygen atoms in total. The van der Waals surface area contributed by atoms with Gasteiger partial charge in [0.2, 0.25) is 15.8 Å². The number of aliphatic carboxylic acids is 2. The number of carboxylic acids is 2. The van der Waals surface area contributed by atoms with Gasteiger partial charge in [0.05, 0.1) is 9.85 Å². The standard InChI is InChI=1S/C45H33ClN2O15S3/c1-2-39(49)64-43(40(50)51,33-15-3-27(4-16-33)30-9-21-36(46)22-10-30)44(65(59)60,34-17-5-28(6-18-34)31-11-23-37(24-12-31)47(55)56)42(54)63-45(41(52)53,66(61)62)35-19-7-29(8-20-35)32-13-25-38(26-14-32)48(57)58/h3-26H,2H2,1H3,(H,50,51)(H,52,53)(H,59,60)(H,61,62). The number of carbonyl (C=O) groups excluding carboxylic acids is 2. The lowest BCUT2D eigenvalue weighted by Gasteiger charge is -2.44. The van der Waals surface area contributed by atoms with Crippen molar-refractivity contribution in [1.29, 1.82) is 0 Å². The summed E-state index contributed by atoms with van der Waals surface area (Å²) in [4.78, 5) is 74.3. The molecule has 0 aromatic heterocycles. The molecule has 0 aliphatic rings. The minimum absolute atomic E-state index is 0.0403. The van der Waals surface area contributed by atoms with Crippen molar-refractivity contribution in [2.75, 3.05) is 0 Å². The van der Waals surface area contributed by atoms with Crippen molar-refractivity contribution in [3.8, 4) is 33.4 Å². The van der Waals surface area contributed by atoms with Crippen molar-refractivity contribution >= 4 is 79.9 Å². The van der Waals surface area contributed by atoms with Crippen LogP contribution in [0.1, 0.15) is 30.0 Å². The summed E-state index contributed by atoms with van der Waals surface area (Å²) in [7, 11) is 0. The van der Waals surface area contributed by atoms with Gasteiger partial charge in [-0.1, -0.05) is 115 Å². The average molecular weight is 973 g/mol. The van der Waals surface area contributed by atoms with Crippen LogP contribution >= 0.6 is 23.4 Å². The molecular formula is C45H33ClN2O15S3. The molecule has 0 amide bonds. The highest BCUT2D eigenvalue weighted by Crippen LogP contribution is 2.56. The van der Waals surface area contributed by atoms with Crippen LogP contribution in [0.3, 0.4) is 0 Å². The first kappa shape index (κ1) is 48.5. The number of non-ortho nitro benzene ring substituents is 2. The van der Waals surface area contributed by atoms with Crippen LogP contribution in [0.25, 0.3) is 33.4 Å². The Morgan fingerprint density at radius 1 is 0.576 bits per heavy atom. The Balaban J connectivity index is 1.62. The second kappa shape index (κ2) is 19.7. The highest BCUT2D eigenvalue weighted by molar-refractivity contribution is 8.15. The largest absolute Gasteiger partial charge is 0.480 e. The fourth-order valence-corrected chi connectivity index (χ4v) is 10.4. The van der Waals surface area contributed by atoms with Gasteiger partial charge in [-0.15, -0.1) is 0 Å². The van der Waals surface area contributed by atoms with Crippen molar-refractivity contribution in [1.82, 2.24) is 0 Å². The lowest BCUT2D eigenvalue weighted by Crippen LogP contribution is -2.62. The molecule has 0 saturated carbocycles. The summed E-state index contributed by atoms with van der Waals surface area (Å²) in [5, 5.41) is 44.3. The van der Waals surface area contributed by atoms with E-state index in [1.807, 2.05) is 0 Å². The molecule has 0 aliphatic carbocycles. The first-order valence-electron chi connectivity index (χ1n) is 19.0. The van der Waals surface area contributed by atoms with Gasteiger partial charge in [-0.2, -0.15) is 0 Å². The number of thioether (sulfide) groups is 1. The molecular weight excluding hydrogens is 940 g/mol. The Morgan fingerprint density at radius 3 is 1.24 bits per heavy atom. The predicted octanol–water partition coefficient (Wildman–Crippen LogP) is 8.93. The number of carbonyl (C=O) groups is 4. The molecule has 66 heavy (non-hydrogen) atoms. The summed E-state index contributed by atoms with van der Waals surface area (Å²) in [5.41, 5.74) is 0.125. The first-order chi connectivity index (χ1) is 31.3. The molecule has 338 valence electrons. The first-order valence-corrected chi connectivity index (χ1v) is 22.5. The van der Waals surface area contributed by atoms with Crippen LogP contribution in [-0.4, -0.2) is 60.6 Å². The molecule has 0 fully saturated rings. The molecule has 6 aromatic rings. The quantitative estimate of drug-likeness (QED) is 0.0287. The zero-order chi connectivity index (χ0) is 48.1. The van der Waals surface area contributed by atoms with E-state index in [2.05, 4.69) is 0 Å². The van der Waals surface area contributed by atoms with Gasteiger partial charge in [-0.05, 0) is 80.9 Å². The van der Waals surface area contributed by atoms with E-state index >= 15 is 4.79 Å². The summed E-state index contributed by atoms with van der Waals surface area (Å²) >= 11 is -1.58. The van der Waals surface area contributed by atoms with Gasteiger partial charge in [0.15, 0.2) is 20.9 Å². The van der Waals surface area contributed by atoms with Crippen molar-refractivity contribution in [2.24, 2.45) is 0 Å². The van der Waals surface area contributed by atoms with E-state index < -0.39 is 92.6 Å². The maximum atomic E-state index is 15.4. The molecule has 6 aromatic carbocycles. The van der Waals surface area contributed by atoms with Gasteiger partial charge in [0.1, 0.15) is 0 Å². The van der Waals surface area contributed by atoms with E-state index in [-0.39, 0.29) is 28.7 Å². The van der Waals surface area contributed by atoms with E-state index in [0.717, 1.165) is 24.3 Å². The van der Waals surface area contributed by atoms with Gasteiger partial charge in [0, 0.05) is 41.3 Å². The number of benzene rings is 6. The van der Waals surface area contributed by atoms with E-state index in [1.54, 1.807) is 24.3 Å². The molecule has 4 N–H and O–H groups in total. The van der Waals surface area contributed by atoms with E-state index in [4.69, 9.17) is 16.3 Å². The number of esters is 1. The average Bonchev–Trinajstić information content (AvgIpc) is 3.30. The second-order valence-corrected chi connectivity index (χ2v) is 18.0. The van der Waals surface area contributed by atoms with Crippen LogP contribution in [-0.2, 0) is 60.5 Å². The van der Waals surface area contributed by atoms with Crippen molar-refractivity contribution in [3.63, 3.8) is 0 Å². The third-order valence-corrected chi connectivity index (χ3v) is 14.7. The van der Waals surface area contributed by atoms with Crippen LogP contribution in [0.2, 0.25) is 5.02 Å². The molecule has 0 radical (unpaired) electrons. The van der Waals surface area contributed by atoms with Gasteiger partial charge in [0.25, 0.3) is 11.4 Å². The SMILES string of the molecule is CCC(=O)SC(C(=O)O)(c1ccc(-c2ccc(Cl)cc2)cc1)C(C(=O)OC(C(=O)O)(c1ccc(-c2ccc([N+](=O)[O-])cc2)cc1)S(=O)O)(c1ccc(-c2ccc([N+](=O)[O-])cc2)cc1)S(=O)O. The highest BCUT2D eigenvalue weighted by Gasteiger charge is 2.72. The number of nitrogens with zero attached hydrogens (tertiary/aromatic N) is 2.